The average molecular weight is 176 g/mol. The van der Waals surface area contributed by atoms with Crippen LogP contribution < -0.4 is 0 Å². The molecule has 4 rings (SSSR count). The quantitative estimate of drug-likeness (QED) is 0.515. The topological polar surface area (TPSA) is 9.23 Å². The van der Waals surface area contributed by atoms with Gasteiger partial charge in [0.05, 0.1) is 5.60 Å². The Labute approximate surface area is 79.2 Å². The Morgan fingerprint density at radius 1 is 1.54 bits per heavy atom. The molecule has 70 valence electrons. The molecule has 1 heteroatoms. The van der Waals surface area contributed by atoms with E-state index < -0.39 is 0 Å². The zero-order valence-electron chi connectivity index (χ0n) is 8.34. The summed E-state index contributed by atoms with van der Waals surface area (Å²) in [5.74, 6) is 2.49. The van der Waals surface area contributed by atoms with Gasteiger partial charge in [0.25, 0.3) is 0 Å². The van der Waals surface area contributed by atoms with Gasteiger partial charge in [0.2, 0.25) is 0 Å². The van der Waals surface area contributed by atoms with Gasteiger partial charge < -0.3 is 4.74 Å². The third-order valence-electron chi connectivity index (χ3n) is 5.23. The minimum atomic E-state index is 0.330. The van der Waals surface area contributed by atoms with E-state index in [0.717, 1.165) is 24.4 Å². The molecule has 4 aliphatic rings. The molecule has 2 bridgehead atoms. The van der Waals surface area contributed by atoms with Crippen molar-refractivity contribution in [3.05, 3.63) is 11.6 Å². The van der Waals surface area contributed by atoms with Crippen LogP contribution in [-0.2, 0) is 4.74 Å². The first-order chi connectivity index (χ1) is 6.18. The minimum Gasteiger partial charge on any atom is -0.373 e. The average Bonchev–Trinajstić information content (AvgIpc) is 2.52. The van der Waals surface area contributed by atoms with E-state index in [0.29, 0.717) is 11.0 Å². The highest BCUT2D eigenvalue weighted by molar-refractivity contribution is 5.44. The molecule has 1 spiro atoms. The third kappa shape index (κ3) is 0.505. The van der Waals surface area contributed by atoms with Crippen molar-refractivity contribution in [2.24, 2.45) is 23.2 Å². The van der Waals surface area contributed by atoms with Crippen molar-refractivity contribution in [1.82, 2.24) is 0 Å². The molecule has 1 aliphatic heterocycles. The molecule has 0 amide bonds. The SMILES string of the molecule is CC1=C[C@H]2[C@]3(C)CCO[C@]24[C@@H](C3)[C@H]14. The van der Waals surface area contributed by atoms with Crippen LogP contribution >= 0.6 is 0 Å². The van der Waals surface area contributed by atoms with Gasteiger partial charge in [-0.2, -0.15) is 0 Å². The largest absolute Gasteiger partial charge is 0.373 e. The van der Waals surface area contributed by atoms with Crippen molar-refractivity contribution >= 4 is 0 Å². The Balaban J connectivity index is 1.92. The van der Waals surface area contributed by atoms with E-state index in [4.69, 9.17) is 4.74 Å². The molecular weight excluding hydrogens is 160 g/mol. The number of hydrogen-bond donors (Lipinski definition) is 0. The molecule has 1 nitrogen and oxygen atoms in total. The van der Waals surface area contributed by atoms with Gasteiger partial charge in [-0.15, -0.1) is 0 Å². The second-order valence-electron chi connectivity index (χ2n) is 5.78. The highest BCUT2D eigenvalue weighted by Crippen LogP contribution is 2.79. The van der Waals surface area contributed by atoms with Crippen LogP contribution in [0.2, 0.25) is 0 Å². The van der Waals surface area contributed by atoms with E-state index in [1.54, 1.807) is 5.57 Å². The summed E-state index contributed by atoms with van der Waals surface area (Å²) in [6.07, 6.45) is 5.23. The first-order valence-electron chi connectivity index (χ1n) is 5.51. The van der Waals surface area contributed by atoms with E-state index in [1.807, 2.05) is 0 Å². The maximum absolute atomic E-state index is 6.10. The standard InChI is InChI=1S/C12H16O/c1-7-5-9-11(2)3-4-13-12(9)8(6-11)10(7)12/h5,8-10H,3-4,6H2,1-2H3/t8-,9-,10-,11+,12+/m0/s1. The monoisotopic (exact) mass is 176 g/mol. The predicted molar refractivity (Wildman–Crippen MR) is 50.3 cm³/mol. The normalized spacial score (nSPS) is 66.3. The molecule has 0 aromatic carbocycles. The summed E-state index contributed by atoms with van der Waals surface area (Å²) in [5, 5.41) is 0. The fourth-order valence-electron chi connectivity index (χ4n) is 4.71. The highest BCUT2D eigenvalue weighted by atomic mass is 16.5. The lowest BCUT2D eigenvalue weighted by Gasteiger charge is -2.39. The summed E-state index contributed by atoms with van der Waals surface area (Å²) in [4.78, 5) is 0. The van der Waals surface area contributed by atoms with E-state index in [1.165, 1.54) is 12.8 Å². The lowest BCUT2D eigenvalue weighted by molar-refractivity contribution is -0.0706. The Bertz CT molecular complexity index is 332. The Morgan fingerprint density at radius 3 is 3.15 bits per heavy atom. The maximum atomic E-state index is 6.10. The molecule has 3 fully saturated rings. The molecule has 1 saturated heterocycles. The van der Waals surface area contributed by atoms with Crippen LogP contribution in [0.1, 0.15) is 26.7 Å². The van der Waals surface area contributed by atoms with Crippen molar-refractivity contribution in [2.45, 2.75) is 32.3 Å². The molecule has 0 unspecified atom stereocenters. The molecule has 1 heterocycles. The minimum absolute atomic E-state index is 0.330. The van der Waals surface area contributed by atoms with Crippen LogP contribution in [0.3, 0.4) is 0 Å². The molecule has 2 saturated carbocycles. The van der Waals surface area contributed by atoms with Gasteiger partial charge in [-0.3, -0.25) is 0 Å². The Morgan fingerprint density at radius 2 is 2.38 bits per heavy atom. The van der Waals surface area contributed by atoms with Crippen LogP contribution in [0.4, 0.5) is 0 Å². The van der Waals surface area contributed by atoms with Gasteiger partial charge in [-0.05, 0) is 31.1 Å². The van der Waals surface area contributed by atoms with Gasteiger partial charge >= 0.3 is 0 Å². The zero-order chi connectivity index (χ0) is 8.84. The number of ether oxygens (including phenoxy) is 1. The van der Waals surface area contributed by atoms with Gasteiger partial charge in [0.15, 0.2) is 0 Å². The van der Waals surface area contributed by atoms with Crippen LogP contribution in [0.25, 0.3) is 0 Å². The molecule has 0 aromatic heterocycles. The van der Waals surface area contributed by atoms with Crippen molar-refractivity contribution in [1.29, 1.82) is 0 Å². The fraction of sp³-hybridized carbons (Fsp3) is 0.833. The van der Waals surface area contributed by atoms with Crippen molar-refractivity contribution in [3.63, 3.8) is 0 Å². The first-order valence-corrected chi connectivity index (χ1v) is 5.51. The van der Waals surface area contributed by atoms with E-state index >= 15 is 0 Å². The second-order valence-corrected chi connectivity index (χ2v) is 5.78. The zero-order valence-corrected chi connectivity index (χ0v) is 8.34. The van der Waals surface area contributed by atoms with Crippen LogP contribution in [0, 0.1) is 23.2 Å². The van der Waals surface area contributed by atoms with E-state index in [9.17, 15) is 0 Å². The molecule has 3 aliphatic carbocycles. The highest BCUT2D eigenvalue weighted by Gasteiger charge is 2.81. The van der Waals surface area contributed by atoms with Gasteiger partial charge in [0, 0.05) is 18.4 Å². The number of rotatable bonds is 0. The van der Waals surface area contributed by atoms with Crippen LogP contribution in [0.5, 0.6) is 0 Å². The van der Waals surface area contributed by atoms with E-state index in [-0.39, 0.29) is 0 Å². The lowest BCUT2D eigenvalue weighted by atomic mass is 9.73. The summed E-state index contributed by atoms with van der Waals surface area (Å²) >= 11 is 0. The summed E-state index contributed by atoms with van der Waals surface area (Å²) < 4.78 is 6.10. The first kappa shape index (κ1) is 7.05. The van der Waals surface area contributed by atoms with Crippen LogP contribution in [0.15, 0.2) is 11.6 Å². The van der Waals surface area contributed by atoms with Crippen molar-refractivity contribution in [3.8, 4) is 0 Å². The molecule has 0 radical (unpaired) electrons. The smallest absolute Gasteiger partial charge is 0.0853 e. The lowest BCUT2D eigenvalue weighted by Crippen LogP contribution is -2.39. The Hall–Kier alpha value is -0.300. The fourth-order valence-corrected chi connectivity index (χ4v) is 4.71. The van der Waals surface area contributed by atoms with Crippen molar-refractivity contribution in [2.75, 3.05) is 6.61 Å². The molecule has 0 N–H and O–H groups in total. The molecule has 13 heavy (non-hydrogen) atoms. The van der Waals surface area contributed by atoms with E-state index in [2.05, 4.69) is 19.9 Å². The maximum Gasteiger partial charge on any atom is 0.0853 e. The number of hydrogen-bond acceptors (Lipinski definition) is 1. The van der Waals surface area contributed by atoms with Gasteiger partial charge in [-0.1, -0.05) is 18.6 Å². The summed E-state index contributed by atoms with van der Waals surface area (Å²) in [6, 6.07) is 0. The second kappa shape index (κ2) is 1.63. The molecule has 5 atom stereocenters. The van der Waals surface area contributed by atoms with Crippen molar-refractivity contribution < 1.29 is 4.74 Å². The number of fused-ring (bicyclic) bond motifs is 1. The van der Waals surface area contributed by atoms with Crippen LogP contribution in [-0.4, -0.2) is 12.2 Å². The Kier molecular flexibility index (Phi) is 0.882. The van der Waals surface area contributed by atoms with Gasteiger partial charge in [0.1, 0.15) is 0 Å². The predicted octanol–water partition coefficient (Wildman–Crippen LogP) is 2.38. The third-order valence-corrected chi connectivity index (χ3v) is 5.23. The summed E-state index contributed by atoms with van der Waals surface area (Å²) in [7, 11) is 0. The summed E-state index contributed by atoms with van der Waals surface area (Å²) in [5.41, 5.74) is 2.55. The van der Waals surface area contributed by atoms with Gasteiger partial charge in [-0.25, -0.2) is 0 Å². The summed E-state index contributed by atoms with van der Waals surface area (Å²) in [6.45, 7) is 5.79. The molecular formula is C12H16O. The molecule has 0 aromatic rings.